The van der Waals surface area contributed by atoms with Crippen LogP contribution in [0.2, 0.25) is 0 Å². The number of aryl methyl sites for hydroxylation is 1. The number of rotatable bonds is 5. The molecular formula is C11H21N3O. The number of aliphatic hydroxyl groups excluding tert-OH is 1. The summed E-state index contributed by atoms with van der Waals surface area (Å²) in [5, 5.41) is 9.12. The van der Waals surface area contributed by atoms with Crippen molar-refractivity contribution in [2.75, 3.05) is 6.61 Å². The summed E-state index contributed by atoms with van der Waals surface area (Å²) in [6, 6.07) is 0.268. The molecule has 86 valence electrons. The minimum atomic E-state index is -0.519. The van der Waals surface area contributed by atoms with E-state index in [-0.39, 0.29) is 12.6 Å². The summed E-state index contributed by atoms with van der Waals surface area (Å²) in [5.41, 5.74) is 5.41. The van der Waals surface area contributed by atoms with Gasteiger partial charge >= 0.3 is 0 Å². The molecule has 15 heavy (non-hydrogen) atoms. The highest BCUT2D eigenvalue weighted by atomic mass is 16.3. The fraction of sp³-hybridized carbons (Fsp3) is 0.727. The van der Waals surface area contributed by atoms with Gasteiger partial charge in [-0.3, -0.25) is 0 Å². The van der Waals surface area contributed by atoms with Crippen molar-refractivity contribution in [3.8, 4) is 0 Å². The largest absolute Gasteiger partial charge is 0.394 e. The third-order valence-electron chi connectivity index (χ3n) is 2.66. The molecule has 2 atom stereocenters. The van der Waals surface area contributed by atoms with E-state index in [1.807, 2.05) is 19.3 Å². The molecule has 1 aromatic rings. The molecule has 0 saturated heterocycles. The van der Waals surface area contributed by atoms with Crippen LogP contribution in [0.3, 0.4) is 0 Å². The van der Waals surface area contributed by atoms with Crippen molar-refractivity contribution in [3.63, 3.8) is 0 Å². The molecule has 0 amide bonds. The third-order valence-corrected chi connectivity index (χ3v) is 2.66. The molecule has 3 N–H and O–H groups in total. The highest BCUT2D eigenvalue weighted by Crippen LogP contribution is 2.20. The number of nitrogens with two attached hydrogens (primary N) is 1. The van der Waals surface area contributed by atoms with Gasteiger partial charge in [-0.05, 0) is 20.3 Å². The SMILES string of the molecule is CCc1nccn1C(C)CC(C)(N)CO. The van der Waals surface area contributed by atoms with Gasteiger partial charge in [-0.1, -0.05) is 6.92 Å². The van der Waals surface area contributed by atoms with Crippen LogP contribution in [0.25, 0.3) is 0 Å². The van der Waals surface area contributed by atoms with E-state index < -0.39 is 5.54 Å². The highest BCUT2D eigenvalue weighted by Gasteiger charge is 2.22. The molecule has 4 nitrogen and oxygen atoms in total. The number of imidazole rings is 1. The van der Waals surface area contributed by atoms with Gasteiger partial charge in [-0.2, -0.15) is 0 Å². The van der Waals surface area contributed by atoms with E-state index in [1.165, 1.54) is 0 Å². The van der Waals surface area contributed by atoms with Crippen LogP contribution in [-0.2, 0) is 6.42 Å². The zero-order chi connectivity index (χ0) is 11.5. The van der Waals surface area contributed by atoms with Crippen molar-refractivity contribution in [2.24, 2.45) is 5.73 Å². The van der Waals surface area contributed by atoms with E-state index in [9.17, 15) is 0 Å². The monoisotopic (exact) mass is 211 g/mol. The summed E-state index contributed by atoms with van der Waals surface area (Å²) in [6.07, 6.45) is 5.43. The Balaban J connectivity index is 2.73. The molecule has 1 heterocycles. The van der Waals surface area contributed by atoms with Crippen LogP contribution in [0.4, 0.5) is 0 Å². The van der Waals surface area contributed by atoms with E-state index in [2.05, 4.69) is 23.4 Å². The Morgan fingerprint density at radius 3 is 2.87 bits per heavy atom. The van der Waals surface area contributed by atoms with E-state index >= 15 is 0 Å². The molecule has 0 aliphatic carbocycles. The van der Waals surface area contributed by atoms with Gasteiger partial charge in [0, 0.05) is 30.4 Å². The Hall–Kier alpha value is -0.870. The van der Waals surface area contributed by atoms with Gasteiger partial charge in [0.15, 0.2) is 0 Å². The summed E-state index contributed by atoms with van der Waals surface area (Å²) < 4.78 is 2.13. The highest BCUT2D eigenvalue weighted by molar-refractivity contribution is 4.96. The van der Waals surface area contributed by atoms with Gasteiger partial charge in [0.1, 0.15) is 5.82 Å². The summed E-state index contributed by atoms with van der Waals surface area (Å²) in [7, 11) is 0. The van der Waals surface area contributed by atoms with Crippen molar-refractivity contribution >= 4 is 0 Å². The second-order valence-corrected chi connectivity index (χ2v) is 4.47. The summed E-state index contributed by atoms with van der Waals surface area (Å²) in [6.45, 7) is 6.06. The van der Waals surface area contributed by atoms with Crippen LogP contribution >= 0.6 is 0 Å². The Bertz CT molecular complexity index is 307. The average Bonchev–Trinajstić information content (AvgIpc) is 2.64. The van der Waals surface area contributed by atoms with Crippen molar-refractivity contribution in [2.45, 2.75) is 45.2 Å². The Morgan fingerprint density at radius 1 is 1.67 bits per heavy atom. The molecule has 1 rings (SSSR count). The van der Waals surface area contributed by atoms with Crippen LogP contribution < -0.4 is 5.73 Å². The second kappa shape index (κ2) is 4.77. The molecule has 0 aliphatic rings. The van der Waals surface area contributed by atoms with E-state index in [1.54, 1.807) is 0 Å². The molecular weight excluding hydrogens is 190 g/mol. The molecule has 0 radical (unpaired) electrons. The normalized spacial score (nSPS) is 17.4. The van der Waals surface area contributed by atoms with Gasteiger partial charge in [0.25, 0.3) is 0 Å². The van der Waals surface area contributed by atoms with E-state index in [0.717, 1.165) is 18.7 Å². The van der Waals surface area contributed by atoms with Crippen molar-refractivity contribution in [1.82, 2.24) is 9.55 Å². The zero-order valence-electron chi connectivity index (χ0n) is 9.77. The molecule has 1 aromatic heterocycles. The number of nitrogens with zero attached hydrogens (tertiary/aromatic N) is 2. The minimum absolute atomic E-state index is 0.00744. The minimum Gasteiger partial charge on any atom is -0.394 e. The van der Waals surface area contributed by atoms with Gasteiger partial charge in [-0.25, -0.2) is 4.98 Å². The number of hydrogen-bond acceptors (Lipinski definition) is 3. The van der Waals surface area contributed by atoms with Gasteiger partial charge < -0.3 is 15.4 Å². The summed E-state index contributed by atoms with van der Waals surface area (Å²) in [4.78, 5) is 4.27. The Kier molecular flexibility index (Phi) is 3.88. The Morgan fingerprint density at radius 2 is 2.33 bits per heavy atom. The fourth-order valence-electron chi connectivity index (χ4n) is 1.86. The first-order chi connectivity index (χ1) is 7.00. The first kappa shape index (κ1) is 12.2. The van der Waals surface area contributed by atoms with Gasteiger partial charge in [-0.15, -0.1) is 0 Å². The molecule has 0 aromatic carbocycles. The predicted molar refractivity (Wildman–Crippen MR) is 60.6 cm³/mol. The van der Waals surface area contributed by atoms with Crippen LogP contribution in [0.15, 0.2) is 12.4 Å². The lowest BCUT2D eigenvalue weighted by Crippen LogP contribution is -2.42. The topological polar surface area (TPSA) is 64.1 Å². The maximum absolute atomic E-state index is 9.12. The first-order valence-electron chi connectivity index (χ1n) is 5.41. The molecule has 0 bridgehead atoms. The quantitative estimate of drug-likeness (QED) is 0.766. The third kappa shape index (κ3) is 3.04. The first-order valence-corrected chi connectivity index (χ1v) is 5.41. The molecule has 2 unspecified atom stereocenters. The van der Waals surface area contributed by atoms with Crippen LogP contribution in [0.1, 0.15) is 39.1 Å². The lowest BCUT2D eigenvalue weighted by Gasteiger charge is -2.27. The molecule has 0 spiro atoms. The summed E-state index contributed by atoms with van der Waals surface area (Å²) >= 11 is 0. The van der Waals surface area contributed by atoms with E-state index in [4.69, 9.17) is 10.8 Å². The van der Waals surface area contributed by atoms with Crippen LogP contribution in [0.5, 0.6) is 0 Å². The number of hydrogen-bond donors (Lipinski definition) is 2. The Labute approximate surface area is 91.1 Å². The molecule has 4 heteroatoms. The average molecular weight is 211 g/mol. The fourth-order valence-corrected chi connectivity index (χ4v) is 1.86. The molecule has 0 aliphatic heterocycles. The van der Waals surface area contributed by atoms with Crippen LogP contribution in [0, 0.1) is 0 Å². The van der Waals surface area contributed by atoms with Gasteiger partial charge in [0.05, 0.1) is 6.61 Å². The van der Waals surface area contributed by atoms with Gasteiger partial charge in [0.2, 0.25) is 0 Å². The number of aliphatic hydroxyl groups is 1. The van der Waals surface area contributed by atoms with Crippen molar-refractivity contribution in [3.05, 3.63) is 18.2 Å². The lowest BCUT2D eigenvalue weighted by molar-refractivity contribution is 0.184. The van der Waals surface area contributed by atoms with Crippen LogP contribution in [-0.4, -0.2) is 26.8 Å². The van der Waals surface area contributed by atoms with Crippen molar-refractivity contribution < 1.29 is 5.11 Å². The van der Waals surface area contributed by atoms with Crippen molar-refractivity contribution in [1.29, 1.82) is 0 Å². The molecule has 0 saturated carbocycles. The van der Waals surface area contributed by atoms with E-state index in [0.29, 0.717) is 0 Å². The maximum Gasteiger partial charge on any atom is 0.108 e. The summed E-state index contributed by atoms with van der Waals surface area (Å²) in [5.74, 6) is 1.07. The zero-order valence-corrected chi connectivity index (χ0v) is 9.77. The maximum atomic E-state index is 9.12. The predicted octanol–water partition coefficient (Wildman–Crippen LogP) is 1.11. The lowest BCUT2D eigenvalue weighted by atomic mass is 9.96. The smallest absolute Gasteiger partial charge is 0.108 e. The number of aromatic nitrogens is 2. The molecule has 0 fully saturated rings. The standard InChI is InChI=1S/C11H21N3O/c1-4-10-13-5-6-14(10)9(2)7-11(3,12)8-15/h5-6,9,15H,4,7-8,12H2,1-3H3. The second-order valence-electron chi connectivity index (χ2n) is 4.47.